The highest BCUT2D eigenvalue weighted by Crippen LogP contribution is 2.23. The molecule has 1 fully saturated rings. The van der Waals surface area contributed by atoms with E-state index in [1.54, 1.807) is 0 Å². The molecule has 1 aromatic rings. The quantitative estimate of drug-likeness (QED) is 0.928. The highest BCUT2D eigenvalue weighted by Gasteiger charge is 2.30. The largest absolute Gasteiger partial charge is 0.338 e. The van der Waals surface area contributed by atoms with Crippen molar-refractivity contribution in [1.29, 1.82) is 0 Å². The molecule has 116 valence electrons. The van der Waals surface area contributed by atoms with Crippen molar-refractivity contribution in [3.8, 4) is 0 Å². The molecule has 2 N–H and O–H groups in total. The summed E-state index contributed by atoms with van der Waals surface area (Å²) < 4.78 is 26.7. The predicted octanol–water partition coefficient (Wildman–Crippen LogP) is 2.48. The molecule has 0 radical (unpaired) electrons. The van der Waals surface area contributed by atoms with Gasteiger partial charge in [-0.1, -0.05) is 6.92 Å². The van der Waals surface area contributed by atoms with E-state index in [0.717, 1.165) is 31.0 Å². The van der Waals surface area contributed by atoms with Crippen molar-refractivity contribution in [2.45, 2.75) is 38.6 Å². The van der Waals surface area contributed by atoms with Gasteiger partial charge in [-0.2, -0.15) is 0 Å². The number of aryl methyl sites for hydroxylation is 1. The number of rotatable bonds is 4. The minimum Gasteiger partial charge on any atom is -0.338 e. The highest BCUT2D eigenvalue weighted by molar-refractivity contribution is 5.77. The third kappa shape index (κ3) is 3.79. The molecule has 0 bridgehead atoms. The van der Waals surface area contributed by atoms with Gasteiger partial charge in [0.15, 0.2) is 0 Å². The molecule has 1 amide bonds. The molecule has 1 heterocycles. The fourth-order valence-electron chi connectivity index (χ4n) is 3.04. The molecule has 1 saturated heterocycles. The van der Waals surface area contributed by atoms with Gasteiger partial charge in [-0.15, -0.1) is 0 Å². The van der Waals surface area contributed by atoms with Crippen LogP contribution in [-0.4, -0.2) is 29.9 Å². The minimum absolute atomic E-state index is 0.0272. The number of hydrogen-bond donors (Lipinski definition) is 1. The lowest BCUT2D eigenvalue weighted by atomic mass is 9.90. The van der Waals surface area contributed by atoms with Crippen LogP contribution in [0.25, 0.3) is 0 Å². The zero-order valence-electron chi connectivity index (χ0n) is 12.3. The first-order valence-corrected chi connectivity index (χ1v) is 7.46. The van der Waals surface area contributed by atoms with Gasteiger partial charge in [-0.25, -0.2) is 8.78 Å². The molecule has 0 aliphatic carbocycles. The Kier molecular flexibility index (Phi) is 5.28. The van der Waals surface area contributed by atoms with Gasteiger partial charge in [0.1, 0.15) is 11.6 Å². The van der Waals surface area contributed by atoms with E-state index in [-0.39, 0.29) is 30.4 Å². The number of benzene rings is 1. The number of nitrogens with two attached hydrogens (primary N) is 1. The number of carbonyl (C=O) groups is 1. The Morgan fingerprint density at radius 1 is 1.43 bits per heavy atom. The Bertz CT molecular complexity index is 507. The summed E-state index contributed by atoms with van der Waals surface area (Å²) in [4.78, 5) is 14.1. The van der Waals surface area contributed by atoms with E-state index in [1.807, 2.05) is 4.90 Å². The van der Waals surface area contributed by atoms with Crippen LogP contribution in [0, 0.1) is 17.6 Å². The van der Waals surface area contributed by atoms with Crippen LogP contribution in [-0.2, 0) is 11.2 Å². The maximum Gasteiger partial charge on any atom is 0.223 e. The van der Waals surface area contributed by atoms with Gasteiger partial charge in [-0.3, -0.25) is 4.79 Å². The van der Waals surface area contributed by atoms with Crippen molar-refractivity contribution in [2.24, 2.45) is 11.7 Å². The topological polar surface area (TPSA) is 46.3 Å². The van der Waals surface area contributed by atoms with Crippen LogP contribution in [0.2, 0.25) is 0 Å². The molecule has 1 aliphatic heterocycles. The van der Waals surface area contributed by atoms with E-state index in [4.69, 9.17) is 5.73 Å². The lowest BCUT2D eigenvalue weighted by Gasteiger charge is -2.39. The normalized spacial score (nSPS) is 22.4. The van der Waals surface area contributed by atoms with Crippen molar-refractivity contribution in [3.05, 3.63) is 35.4 Å². The molecule has 1 aliphatic rings. The van der Waals surface area contributed by atoms with Crippen LogP contribution in [0.3, 0.4) is 0 Å². The molecule has 3 nitrogen and oxygen atoms in total. The van der Waals surface area contributed by atoms with Gasteiger partial charge in [0.25, 0.3) is 0 Å². The first-order valence-electron chi connectivity index (χ1n) is 7.46. The van der Waals surface area contributed by atoms with Crippen LogP contribution in [0.4, 0.5) is 8.78 Å². The molecule has 2 atom stereocenters. The van der Waals surface area contributed by atoms with Gasteiger partial charge in [0.2, 0.25) is 5.91 Å². The van der Waals surface area contributed by atoms with Gasteiger partial charge < -0.3 is 10.6 Å². The number of piperidine rings is 1. The van der Waals surface area contributed by atoms with Crippen LogP contribution in [0.15, 0.2) is 18.2 Å². The maximum absolute atomic E-state index is 13.6. The molecule has 0 aromatic heterocycles. The Morgan fingerprint density at radius 2 is 2.19 bits per heavy atom. The molecule has 0 unspecified atom stereocenters. The van der Waals surface area contributed by atoms with E-state index < -0.39 is 11.6 Å². The smallest absolute Gasteiger partial charge is 0.223 e. The predicted molar refractivity (Wildman–Crippen MR) is 77.6 cm³/mol. The molecule has 5 heteroatoms. The summed E-state index contributed by atoms with van der Waals surface area (Å²) in [5.74, 6) is -0.587. The monoisotopic (exact) mass is 296 g/mol. The van der Waals surface area contributed by atoms with Crippen molar-refractivity contribution in [2.75, 3.05) is 13.1 Å². The second-order valence-corrected chi connectivity index (χ2v) is 5.75. The van der Waals surface area contributed by atoms with Crippen molar-refractivity contribution in [3.63, 3.8) is 0 Å². The lowest BCUT2D eigenvalue weighted by Crippen LogP contribution is -2.51. The maximum atomic E-state index is 13.6. The van der Waals surface area contributed by atoms with E-state index in [2.05, 4.69) is 6.92 Å². The summed E-state index contributed by atoms with van der Waals surface area (Å²) in [5, 5.41) is 0. The Hall–Kier alpha value is -1.49. The lowest BCUT2D eigenvalue weighted by molar-refractivity contribution is -0.136. The average molecular weight is 296 g/mol. The summed E-state index contributed by atoms with van der Waals surface area (Å²) in [7, 11) is 0. The first-order chi connectivity index (χ1) is 10.0. The summed E-state index contributed by atoms with van der Waals surface area (Å²) in [6, 6.07) is 3.39. The van der Waals surface area contributed by atoms with Crippen LogP contribution < -0.4 is 5.73 Å². The van der Waals surface area contributed by atoms with E-state index in [1.165, 1.54) is 0 Å². The number of nitrogens with zero attached hydrogens (tertiary/aromatic N) is 1. The molecular formula is C16H22F2N2O. The SMILES string of the molecule is C[C@@H]1CCCN(C(=O)CCc2cc(F)ccc2F)[C@H]1CN. The van der Waals surface area contributed by atoms with Crippen molar-refractivity contribution in [1.82, 2.24) is 4.90 Å². The molecule has 2 rings (SSSR count). The molecular weight excluding hydrogens is 274 g/mol. The zero-order valence-corrected chi connectivity index (χ0v) is 12.3. The van der Waals surface area contributed by atoms with Gasteiger partial charge in [0, 0.05) is 25.6 Å². The number of likely N-dealkylation sites (tertiary alicyclic amines) is 1. The molecule has 0 spiro atoms. The second-order valence-electron chi connectivity index (χ2n) is 5.75. The van der Waals surface area contributed by atoms with E-state index in [9.17, 15) is 13.6 Å². The summed E-state index contributed by atoms with van der Waals surface area (Å²) in [6.45, 7) is 3.25. The fraction of sp³-hybridized carbons (Fsp3) is 0.562. The van der Waals surface area contributed by atoms with E-state index >= 15 is 0 Å². The summed E-state index contributed by atoms with van der Waals surface area (Å²) in [5.41, 5.74) is 6.02. The standard InChI is InChI=1S/C16H22F2N2O/c1-11-3-2-8-20(15(11)10-19)16(21)7-4-12-9-13(17)5-6-14(12)18/h5-6,9,11,15H,2-4,7-8,10,19H2,1H3/t11-,15+/m1/s1. The van der Waals surface area contributed by atoms with Crippen LogP contribution >= 0.6 is 0 Å². The average Bonchev–Trinajstić information content (AvgIpc) is 2.47. The van der Waals surface area contributed by atoms with Crippen molar-refractivity contribution >= 4 is 5.91 Å². The number of halogens is 2. The molecule has 1 aromatic carbocycles. The number of amides is 1. The fourth-order valence-corrected chi connectivity index (χ4v) is 3.04. The van der Waals surface area contributed by atoms with E-state index in [0.29, 0.717) is 19.0 Å². The van der Waals surface area contributed by atoms with Crippen LogP contribution in [0.5, 0.6) is 0 Å². The Morgan fingerprint density at radius 3 is 2.90 bits per heavy atom. The Labute approximate surface area is 124 Å². The van der Waals surface area contributed by atoms with Gasteiger partial charge >= 0.3 is 0 Å². The minimum atomic E-state index is -0.481. The molecule has 0 saturated carbocycles. The van der Waals surface area contributed by atoms with Gasteiger partial charge in [-0.05, 0) is 48.9 Å². The second kappa shape index (κ2) is 6.98. The van der Waals surface area contributed by atoms with Crippen molar-refractivity contribution < 1.29 is 13.6 Å². The first kappa shape index (κ1) is 15.9. The van der Waals surface area contributed by atoms with Gasteiger partial charge in [0.05, 0.1) is 0 Å². The van der Waals surface area contributed by atoms with Crippen LogP contribution in [0.1, 0.15) is 31.7 Å². The number of carbonyl (C=O) groups excluding carboxylic acids is 1. The summed E-state index contributed by atoms with van der Waals surface area (Å²) >= 11 is 0. The highest BCUT2D eigenvalue weighted by atomic mass is 19.1. The zero-order chi connectivity index (χ0) is 15.4. The Balaban J connectivity index is 1.99. The third-order valence-corrected chi connectivity index (χ3v) is 4.29. The molecule has 21 heavy (non-hydrogen) atoms. The number of hydrogen-bond acceptors (Lipinski definition) is 2. The third-order valence-electron chi connectivity index (χ3n) is 4.29. The summed E-state index contributed by atoms with van der Waals surface area (Å²) in [6.07, 6.45) is 2.44.